The maximum absolute atomic E-state index is 13.7. The quantitative estimate of drug-likeness (QED) is 0.616. The molecule has 172 valence electrons. The predicted octanol–water partition coefficient (Wildman–Crippen LogP) is 3.54. The zero-order valence-electron chi connectivity index (χ0n) is 19.2. The van der Waals surface area contributed by atoms with Crippen molar-refractivity contribution in [2.24, 2.45) is 0 Å². The van der Waals surface area contributed by atoms with Crippen molar-refractivity contribution in [2.45, 2.75) is 38.7 Å². The van der Waals surface area contributed by atoms with Crippen molar-refractivity contribution in [3.8, 4) is 11.5 Å². The number of carbonyl (C=O) groups is 1. The lowest BCUT2D eigenvalue weighted by atomic mass is 9.78. The highest BCUT2D eigenvalue weighted by atomic mass is 16.5. The van der Waals surface area contributed by atoms with Gasteiger partial charge in [-0.1, -0.05) is 19.1 Å². The summed E-state index contributed by atoms with van der Waals surface area (Å²) in [6.45, 7) is 5.37. The van der Waals surface area contributed by atoms with E-state index in [0.29, 0.717) is 41.8 Å². The number of nitrogens with zero attached hydrogens (tertiary/aromatic N) is 4. The number of pyridine rings is 1. The van der Waals surface area contributed by atoms with Crippen LogP contribution in [0.4, 0.5) is 5.82 Å². The lowest BCUT2D eigenvalue weighted by Crippen LogP contribution is -2.47. The molecule has 2 N–H and O–H groups in total. The Kier molecular flexibility index (Phi) is 6.44. The maximum atomic E-state index is 13.7. The van der Waals surface area contributed by atoms with Gasteiger partial charge in [-0.05, 0) is 44.0 Å². The minimum Gasteiger partial charge on any atom is -0.493 e. The summed E-state index contributed by atoms with van der Waals surface area (Å²) in [6.07, 6.45) is 3.48. The molecule has 1 amide bonds. The molecule has 0 spiro atoms. The Labute approximate surface area is 193 Å². The summed E-state index contributed by atoms with van der Waals surface area (Å²) in [7, 11) is 1.57. The van der Waals surface area contributed by atoms with Gasteiger partial charge in [-0.15, -0.1) is 0 Å². The molecule has 1 atom stereocenters. The summed E-state index contributed by atoms with van der Waals surface area (Å²) in [5.41, 5.74) is 7.76. The molecule has 4 rings (SSSR count). The largest absolute Gasteiger partial charge is 0.493 e. The van der Waals surface area contributed by atoms with Crippen molar-refractivity contribution in [3.05, 3.63) is 71.4 Å². The monoisotopic (exact) mass is 447 g/mol. The van der Waals surface area contributed by atoms with Gasteiger partial charge in [0.15, 0.2) is 11.5 Å². The Hall–Kier alpha value is -3.68. The third-order valence-corrected chi connectivity index (χ3v) is 5.98. The Morgan fingerprint density at radius 1 is 1.21 bits per heavy atom. The zero-order chi connectivity index (χ0) is 23.4. The van der Waals surface area contributed by atoms with Crippen LogP contribution in [-0.2, 0) is 12.0 Å². The first-order valence-corrected chi connectivity index (χ1v) is 11.0. The molecule has 33 heavy (non-hydrogen) atoms. The molecule has 1 saturated heterocycles. The number of ether oxygens (including phenoxy) is 2. The molecule has 1 aliphatic rings. The van der Waals surface area contributed by atoms with Gasteiger partial charge in [-0.25, -0.2) is 9.97 Å². The normalized spacial score (nSPS) is 18.1. The SMILES string of the molecule is COc1cccc(C(=O)N2CCC[C@@](C)(c3cc(N)nc(C)n3)C2)c1OCc1ccccn1. The number of likely N-dealkylation sites (tertiary alicyclic amines) is 1. The second-order valence-corrected chi connectivity index (χ2v) is 8.56. The van der Waals surface area contributed by atoms with E-state index < -0.39 is 0 Å². The topological polar surface area (TPSA) is 103 Å². The fourth-order valence-corrected chi connectivity index (χ4v) is 4.32. The number of amides is 1. The van der Waals surface area contributed by atoms with Crippen molar-refractivity contribution in [1.82, 2.24) is 19.9 Å². The molecule has 2 aromatic heterocycles. The van der Waals surface area contributed by atoms with Crippen molar-refractivity contribution in [2.75, 3.05) is 25.9 Å². The first kappa shape index (κ1) is 22.5. The van der Waals surface area contributed by atoms with E-state index in [1.165, 1.54) is 0 Å². The number of benzene rings is 1. The molecular formula is C25H29N5O3. The smallest absolute Gasteiger partial charge is 0.257 e. The van der Waals surface area contributed by atoms with E-state index in [0.717, 1.165) is 24.2 Å². The van der Waals surface area contributed by atoms with Crippen molar-refractivity contribution in [1.29, 1.82) is 0 Å². The van der Waals surface area contributed by atoms with Gasteiger partial charge in [0, 0.05) is 30.8 Å². The highest BCUT2D eigenvalue weighted by Gasteiger charge is 2.37. The third-order valence-electron chi connectivity index (χ3n) is 5.98. The standard InChI is InChI=1S/C25H29N5O3/c1-17-28-21(14-22(26)29-17)25(2)11-7-13-30(16-25)24(31)19-9-6-10-20(32-3)23(19)33-15-18-8-4-5-12-27-18/h4-6,8-10,12,14H,7,11,13,15-16H2,1-3H3,(H2,26,28,29)/t25-/m1/s1. The van der Waals surface area contributed by atoms with Crippen LogP contribution in [0.2, 0.25) is 0 Å². The van der Waals surface area contributed by atoms with E-state index in [1.54, 1.807) is 31.5 Å². The molecule has 0 aliphatic carbocycles. The molecule has 1 fully saturated rings. The molecule has 8 heteroatoms. The summed E-state index contributed by atoms with van der Waals surface area (Å²) in [5, 5.41) is 0. The molecule has 3 heterocycles. The second-order valence-electron chi connectivity index (χ2n) is 8.56. The number of nitrogens with two attached hydrogens (primary N) is 1. The maximum Gasteiger partial charge on any atom is 0.257 e. The highest BCUT2D eigenvalue weighted by Crippen LogP contribution is 2.37. The number of rotatable bonds is 6. The van der Waals surface area contributed by atoms with E-state index >= 15 is 0 Å². The second kappa shape index (κ2) is 9.44. The average Bonchev–Trinajstić information content (AvgIpc) is 2.82. The number of methoxy groups -OCH3 is 1. The number of anilines is 1. The average molecular weight is 448 g/mol. The van der Waals surface area contributed by atoms with E-state index in [9.17, 15) is 4.79 Å². The van der Waals surface area contributed by atoms with Gasteiger partial charge in [-0.3, -0.25) is 9.78 Å². The van der Waals surface area contributed by atoms with Crippen molar-refractivity contribution >= 4 is 11.7 Å². The highest BCUT2D eigenvalue weighted by molar-refractivity contribution is 5.98. The molecular weight excluding hydrogens is 418 g/mol. The number of hydrogen-bond acceptors (Lipinski definition) is 7. The fraction of sp³-hybridized carbons (Fsp3) is 0.360. The van der Waals surface area contributed by atoms with Gasteiger partial charge in [0.1, 0.15) is 18.2 Å². The predicted molar refractivity (Wildman–Crippen MR) is 125 cm³/mol. The van der Waals surface area contributed by atoms with Crippen LogP contribution in [0.3, 0.4) is 0 Å². The fourth-order valence-electron chi connectivity index (χ4n) is 4.32. The molecule has 0 radical (unpaired) electrons. The number of aryl methyl sites for hydroxylation is 1. The van der Waals surface area contributed by atoms with Gasteiger partial charge in [-0.2, -0.15) is 0 Å². The Morgan fingerprint density at radius 3 is 2.79 bits per heavy atom. The van der Waals surface area contributed by atoms with Crippen LogP contribution in [0, 0.1) is 6.92 Å². The summed E-state index contributed by atoms with van der Waals surface area (Å²) in [4.78, 5) is 28.6. The van der Waals surface area contributed by atoms with E-state index in [-0.39, 0.29) is 17.9 Å². The van der Waals surface area contributed by atoms with Crippen LogP contribution in [0.25, 0.3) is 0 Å². The van der Waals surface area contributed by atoms with Crippen LogP contribution in [0.5, 0.6) is 11.5 Å². The summed E-state index contributed by atoms with van der Waals surface area (Å²) >= 11 is 0. The number of nitrogen functional groups attached to an aromatic ring is 1. The first-order chi connectivity index (χ1) is 15.9. The minimum absolute atomic E-state index is 0.102. The Bertz CT molecular complexity index is 1120. The molecule has 1 aromatic carbocycles. The lowest BCUT2D eigenvalue weighted by molar-refractivity contribution is 0.0642. The van der Waals surface area contributed by atoms with Gasteiger partial charge in [0.2, 0.25) is 0 Å². The number of aromatic nitrogens is 3. The van der Waals surface area contributed by atoms with E-state index in [1.807, 2.05) is 36.1 Å². The molecule has 0 unspecified atom stereocenters. The van der Waals surface area contributed by atoms with Gasteiger partial charge < -0.3 is 20.1 Å². The van der Waals surface area contributed by atoms with Crippen LogP contribution in [0.1, 0.15) is 47.3 Å². The van der Waals surface area contributed by atoms with Gasteiger partial charge in [0.05, 0.1) is 24.1 Å². The third kappa shape index (κ3) is 4.89. The number of carbonyl (C=O) groups excluding carboxylic acids is 1. The van der Waals surface area contributed by atoms with Crippen LogP contribution in [-0.4, -0.2) is 46.0 Å². The van der Waals surface area contributed by atoms with Crippen molar-refractivity contribution < 1.29 is 14.3 Å². The van der Waals surface area contributed by atoms with Crippen LogP contribution in [0.15, 0.2) is 48.7 Å². The number of hydrogen-bond donors (Lipinski definition) is 1. The Morgan fingerprint density at radius 2 is 2.06 bits per heavy atom. The number of para-hydroxylation sites is 1. The summed E-state index contributed by atoms with van der Waals surface area (Å²) < 4.78 is 11.6. The van der Waals surface area contributed by atoms with Crippen LogP contribution < -0.4 is 15.2 Å². The molecule has 0 saturated carbocycles. The van der Waals surface area contributed by atoms with Gasteiger partial charge in [0.25, 0.3) is 5.91 Å². The Balaban J connectivity index is 1.60. The molecule has 8 nitrogen and oxygen atoms in total. The number of piperidine rings is 1. The van der Waals surface area contributed by atoms with E-state index in [4.69, 9.17) is 15.2 Å². The summed E-state index contributed by atoms with van der Waals surface area (Å²) in [6, 6.07) is 12.8. The molecule has 1 aliphatic heterocycles. The van der Waals surface area contributed by atoms with Crippen molar-refractivity contribution in [3.63, 3.8) is 0 Å². The van der Waals surface area contributed by atoms with Gasteiger partial charge >= 0.3 is 0 Å². The zero-order valence-corrected chi connectivity index (χ0v) is 19.2. The molecule has 3 aromatic rings. The van der Waals surface area contributed by atoms with Crippen LogP contribution >= 0.6 is 0 Å². The first-order valence-electron chi connectivity index (χ1n) is 11.0. The van der Waals surface area contributed by atoms with E-state index in [2.05, 4.69) is 21.9 Å². The summed E-state index contributed by atoms with van der Waals surface area (Å²) in [5.74, 6) is 1.91. The minimum atomic E-state index is -0.316. The molecule has 0 bridgehead atoms. The lowest BCUT2D eigenvalue weighted by Gasteiger charge is -2.40.